The smallest absolute Gasteiger partial charge is 0.0326 e. The van der Waals surface area contributed by atoms with E-state index in [0.29, 0.717) is 0 Å². The molecule has 0 aromatic heterocycles. The van der Waals surface area contributed by atoms with Crippen LogP contribution < -0.4 is 5.32 Å². The molecule has 3 heteroatoms. The van der Waals surface area contributed by atoms with E-state index >= 15 is 0 Å². The molecule has 0 aromatic carbocycles. The van der Waals surface area contributed by atoms with Crippen molar-refractivity contribution in [3.8, 4) is 0 Å². The first-order chi connectivity index (χ1) is 7.77. The predicted molar refractivity (Wildman–Crippen MR) is 70.7 cm³/mol. The first kappa shape index (κ1) is 13.0. The molecule has 0 bridgehead atoms. The Hall–Kier alpha value is -1.09. The monoisotopic (exact) mass is 221 g/mol. The van der Waals surface area contributed by atoms with Crippen LogP contribution in [0.1, 0.15) is 27.2 Å². The van der Waals surface area contributed by atoms with Crippen molar-refractivity contribution in [2.75, 3.05) is 26.2 Å². The zero-order chi connectivity index (χ0) is 11.8. The van der Waals surface area contributed by atoms with E-state index in [4.69, 9.17) is 0 Å². The van der Waals surface area contributed by atoms with Gasteiger partial charge in [-0.1, -0.05) is 12.2 Å². The lowest BCUT2D eigenvalue weighted by molar-refractivity contribution is 0.296. The summed E-state index contributed by atoms with van der Waals surface area (Å²) in [5.41, 5.74) is 2.46. The molecular weight excluding hydrogens is 198 g/mol. The number of piperazine rings is 1. The summed E-state index contributed by atoms with van der Waals surface area (Å²) in [6.45, 7) is 10.5. The fraction of sp³-hybridized carbons (Fsp3) is 0.615. The molecule has 1 aliphatic rings. The van der Waals surface area contributed by atoms with Crippen LogP contribution in [0.5, 0.6) is 0 Å². The lowest BCUT2D eigenvalue weighted by atomic mass is 10.2. The van der Waals surface area contributed by atoms with Gasteiger partial charge in [0.2, 0.25) is 0 Å². The van der Waals surface area contributed by atoms with Gasteiger partial charge in [0.1, 0.15) is 0 Å². The lowest BCUT2D eigenvalue weighted by Crippen LogP contribution is -2.42. The standard InChI is InChI=1S/C13H23N3/c1-4-12(3)15-7-6-13(5-2)16-10-8-14-9-11-16/h4-5,7,14H,6,8-11H2,1-3H3/b12-4-,13-5+,15-7-. The van der Waals surface area contributed by atoms with Crippen molar-refractivity contribution >= 4 is 6.21 Å². The molecule has 0 amide bonds. The summed E-state index contributed by atoms with van der Waals surface area (Å²) in [6.07, 6.45) is 7.16. The van der Waals surface area contributed by atoms with Gasteiger partial charge < -0.3 is 10.2 Å². The molecule has 0 saturated carbocycles. The highest BCUT2D eigenvalue weighted by molar-refractivity contribution is 5.62. The molecule has 0 aliphatic carbocycles. The van der Waals surface area contributed by atoms with Crippen molar-refractivity contribution in [2.45, 2.75) is 27.2 Å². The molecule has 0 atom stereocenters. The van der Waals surface area contributed by atoms with Crippen LogP contribution in [-0.4, -0.2) is 37.3 Å². The van der Waals surface area contributed by atoms with E-state index in [1.165, 1.54) is 5.70 Å². The Morgan fingerprint density at radius 1 is 1.25 bits per heavy atom. The Bertz CT molecular complexity index is 284. The Kier molecular flexibility index (Phi) is 5.86. The van der Waals surface area contributed by atoms with Gasteiger partial charge in [0, 0.05) is 50.2 Å². The van der Waals surface area contributed by atoms with Crippen LogP contribution in [0.4, 0.5) is 0 Å². The molecular formula is C13H23N3. The minimum Gasteiger partial charge on any atom is -0.372 e. The number of nitrogens with one attached hydrogen (secondary N) is 1. The number of hydrogen-bond acceptors (Lipinski definition) is 3. The zero-order valence-corrected chi connectivity index (χ0v) is 10.7. The Balaban J connectivity index is 2.46. The average Bonchev–Trinajstić information content (AvgIpc) is 2.35. The highest BCUT2D eigenvalue weighted by Gasteiger charge is 2.10. The molecule has 16 heavy (non-hydrogen) atoms. The number of rotatable bonds is 4. The Morgan fingerprint density at radius 2 is 1.94 bits per heavy atom. The zero-order valence-electron chi connectivity index (χ0n) is 10.7. The normalized spacial score (nSPS) is 19.6. The van der Waals surface area contributed by atoms with E-state index in [2.05, 4.69) is 28.2 Å². The summed E-state index contributed by atoms with van der Waals surface area (Å²) in [7, 11) is 0. The van der Waals surface area contributed by atoms with E-state index in [1.807, 2.05) is 26.1 Å². The van der Waals surface area contributed by atoms with Crippen LogP contribution in [-0.2, 0) is 0 Å². The topological polar surface area (TPSA) is 27.6 Å². The third-order valence-electron chi connectivity index (χ3n) is 2.87. The fourth-order valence-corrected chi connectivity index (χ4v) is 1.74. The van der Waals surface area contributed by atoms with E-state index in [-0.39, 0.29) is 0 Å². The highest BCUT2D eigenvalue weighted by atomic mass is 15.2. The molecule has 1 N–H and O–H groups in total. The minimum atomic E-state index is 0.932. The minimum absolute atomic E-state index is 0.932. The average molecular weight is 221 g/mol. The van der Waals surface area contributed by atoms with Crippen molar-refractivity contribution in [3.63, 3.8) is 0 Å². The van der Waals surface area contributed by atoms with Gasteiger partial charge in [-0.05, 0) is 20.8 Å². The van der Waals surface area contributed by atoms with Gasteiger partial charge in [-0.2, -0.15) is 0 Å². The number of allylic oxidation sites excluding steroid dienone is 4. The fourth-order valence-electron chi connectivity index (χ4n) is 1.74. The van der Waals surface area contributed by atoms with Gasteiger partial charge >= 0.3 is 0 Å². The summed E-state index contributed by atoms with van der Waals surface area (Å²) >= 11 is 0. The van der Waals surface area contributed by atoms with Gasteiger partial charge in [0.05, 0.1) is 0 Å². The summed E-state index contributed by atoms with van der Waals surface area (Å²) < 4.78 is 0. The van der Waals surface area contributed by atoms with Gasteiger partial charge in [-0.25, -0.2) is 0 Å². The maximum absolute atomic E-state index is 4.38. The molecule has 1 saturated heterocycles. The second kappa shape index (κ2) is 7.23. The van der Waals surface area contributed by atoms with Crippen LogP contribution in [0.2, 0.25) is 0 Å². The van der Waals surface area contributed by atoms with Crippen molar-refractivity contribution in [1.29, 1.82) is 0 Å². The molecule has 0 aromatic rings. The van der Waals surface area contributed by atoms with Crippen molar-refractivity contribution in [1.82, 2.24) is 10.2 Å². The summed E-state index contributed by atoms with van der Waals surface area (Å²) in [5, 5.41) is 3.37. The third-order valence-corrected chi connectivity index (χ3v) is 2.87. The maximum atomic E-state index is 4.38. The van der Waals surface area contributed by atoms with Gasteiger partial charge in [0.15, 0.2) is 0 Å². The molecule has 0 unspecified atom stereocenters. The second-order valence-electron chi connectivity index (χ2n) is 3.96. The van der Waals surface area contributed by atoms with E-state index in [1.54, 1.807) is 0 Å². The van der Waals surface area contributed by atoms with Crippen LogP contribution in [0.25, 0.3) is 0 Å². The van der Waals surface area contributed by atoms with E-state index < -0.39 is 0 Å². The Morgan fingerprint density at radius 3 is 2.50 bits per heavy atom. The molecule has 3 nitrogen and oxygen atoms in total. The summed E-state index contributed by atoms with van der Waals surface area (Å²) in [4.78, 5) is 6.82. The van der Waals surface area contributed by atoms with Crippen LogP contribution in [0.15, 0.2) is 28.5 Å². The first-order valence-electron chi connectivity index (χ1n) is 6.04. The molecule has 1 aliphatic heterocycles. The first-order valence-corrected chi connectivity index (χ1v) is 6.04. The maximum Gasteiger partial charge on any atom is 0.0326 e. The van der Waals surface area contributed by atoms with Crippen molar-refractivity contribution in [3.05, 3.63) is 23.5 Å². The number of aliphatic imine (C=N–C) groups is 1. The van der Waals surface area contributed by atoms with Crippen molar-refractivity contribution in [2.24, 2.45) is 4.99 Å². The molecule has 1 rings (SSSR count). The number of nitrogens with zero attached hydrogens (tertiary/aromatic N) is 2. The molecule has 1 fully saturated rings. The van der Waals surface area contributed by atoms with Gasteiger partial charge in [0.25, 0.3) is 0 Å². The second-order valence-corrected chi connectivity index (χ2v) is 3.96. The van der Waals surface area contributed by atoms with Gasteiger partial charge in [-0.3, -0.25) is 4.99 Å². The SMILES string of the molecule is C/C=C(C)\N=C/C/C(=C\C)N1CCNCC1. The van der Waals surface area contributed by atoms with Crippen LogP contribution in [0, 0.1) is 0 Å². The molecule has 90 valence electrons. The third kappa shape index (κ3) is 4.19. The predicted octanol–water partition coefficient (Wildman–Crippen LogP) is 2.18. The number of hydrogen-bond donors (Lipinski definition) is 1. The lowest BCUT2D eigenvalue weighted by Gasteiger charge is -2.31. The molecule has 0 spiro atoms. The highest BCUT2D eigenvalue weighted by Crippen LogP contribution is 2.09. The molecule has 1 heterocycles. The van der Waals surface area contributed by atoms with Crippen LogP contribution in [0.3, 0.4) is 0 Å². The van der Waals surface area contributed by atoms with Crippen LogP contribution >= 0.6 is 0 Å². The summed E-state index contributed by atoms with van der Waals surface area (Å²) in [5.74, 6) is 0. The van der Waals surface area contributed by atoms with E-state index in [0.717, 1.165) is 38.3 Å². The largest absolute Gasteiger partial charge is 0.372 e. The quantitative estimate of drug-likeness (QED) is 0.737. The molecule has 0 radical (unpaired) electrons. The summed E-state index contributed by atoms with van der Waals surface area (Å²) in [6, 6.07) is 0. The van der Waals surface area contributed by atoms with Crippen molar-refractivity contribution < 1.29 is 0 Å². The van der Waals surface area contributed by atoms with E-state index in [9.17, 15) is 0 Å². The Labute approximate surface area is 98.9 Å². The van der Waals surface area contributed by atoms with Gasteiger partial charge in [-0.15, -0.1) is 0 Å².